The molecule has 2 amide bonds. The van der Waals surface area contributed by atoms with Crippen LogP contribution >= 0.6 is 11.8 Å². The zero-order valence-electron chi connectivity index (χ0n) is 17.5. The summed E-state index contributed by atoms with van der Waals surface area (Å²) >= 11 is 1.59. The molecule has 158 valence electrons. The van der Waals surface area contributed by atoms with Gasteiger partial charge in [-0.2, -0.15) is 0 Å². The van der Waals surface area contributed by atoms with E-state index in [1.807, 2.05) is 79.7 Å². The average Bonchev–Trinajstić information content (AvgIpc) is 3.17. The van der Waals surface area contributed by atoms with E-state index >= 15 is 0 Å². The SMILES string of the molecule is COc1ccc(C)cc1N1CC(C(=O)Nc2ccccc2Sc2ccccc2)CC1=O. The van der Waals surface area contributed by atoms with Crippen LogP contribution in [0.4, 0.5) is 11.4 Å². The third-order valence-corrected chi connectivity index (χ3v) is 6.32. The van der Waals surface area contributed by atoms with Gasteiger partial charge in [0, 0.05) is 22.8 Å². The van der Waals surface area contributed by atoms with Gasteiger partial charge in [-0.3, -0.25) is 9.59 Å². The van der Waals surface area contributed by atoms with Crippen LogP contribution in [0.5, 0.6) is 5.75 Å². The van der Waals surface area contributed by atoms with Gasteiger partial charge in [-0.1, -0.05) is 48.2 Å². The van der Waals surface area contributed by atoms with E-state index in [9.17, 15) is 9.59 Å². The largest absolute Gasteiger partial charge is 0.495 e. The molecule has 1 unspecified atom stereocenters. The van der Waals surface area contributed by atoms with Gasteiger partial charge in [0.25, 0.3) is 0 Å². The molecule has 0 saturated carbocycles. The van der Waals surface area contributed by atoms with Gasteiger partial charge in [0.05, 0.1) is 24.4 Å². The molecule has 1 fully saturated rings. The molecule has 4 rings (SSSR count). The van der Waals surface area contributed by atoms with Crippen molar-refractivity contribution >= 4 is 35.0 Å². The molecule has 0 aromatic heterocycles. The summed E-state index contributed by atoms with van der Waals surface area (Å²) in [6, 6.07) is 23.4. The first-order chi connectivity index (χ1) is 15.0. The minimum absolute atomic E-state index is 0.0732. The number of carbonyl (C=O) groups excluding carboxylic acids is 2. The van der Waals surface area contributed by atoms with Crippen LogP contribution in [-0.2, 0) is 9.59 Å². The van der Waals surface area contributed by atoms with Crippen molar-refractivity contribution in [3.8, 4) is 5.75 Å². The summed E-state index contributed by atoms with van der Waals surface area (Å²) in [4.78, 5) is 29.5. The molecule has 3 aromatic rings. The summed E-state index contributed by atoms with van der Waals surface area (Å²) in [5.41, 5.74) is 2.49. The van der Waals surface area contributed by atoms with E-state index in [4.69, 9.17) is 4.74 Å². The lowest BCUT2D eigenvalue weighted by molar-refractivity contribution is -0.122. The van der Waals surface area contributed by atoms with Gasteiger partial charge in [0.15, 0.2) is 0 Å². The summed E-state index contributed by atoms with van der Waals surface area (Å²) in [5, 5.41) is 3.04. The van der Waals surface area contributed by atoms with Crippen molar-refractivity contribution in [1.29, 1.82) is 0 Å². The van der Waals surface area contributed by atoms with Crippen LogP contribution in [0.25, 0.3) is 0 Å². The lowest BCUT2D eigenvalue weighted by Gasteiger charge is -2.20. The molecule has 1 saturated heterocycles. The van der Waals surface area contributed by atoms with Crippen LogP contribution in [0.1, 0.15) is 12.0 Å². The van der Waals surface area contributed by atoms with E-state index in [-0.39, 0.29) is 18.2 Å². The molecular weight excluding hydrogens is 408 g/mol. The van der Waals surface area contributed by atoms with Crippen molar-refractivity contribution in [3.05, 3.63) is 78.4 Å². The van der Waals surface area contributed by atoms with Gasteiger partial charge in [0.2, 0.25) is 11.8 Å². The second-order valence-corrected chi connectivity index (χ2v) is 8.60. The highest BCUT2D eigenvalue weighted by atomic mass is 32.2. The van der Waals surface area contributed by atoms with E-state index in [1.165, 1.54) is 0 Å². The maximum absolute atomic E-state index is 13.0. The minimum atomic E-state index is -0.424. The number of ether oxygens (including phenoxy) is 1. The van der Waals surface area contributed by atoms with E-state index in [0.717, 1.165) is 21.0 Å². The number of rotatable bonds is 6. The van der Waals surface area contributed by atoms with Gasteiger partial charge >= 0.3 is 0 Å². The van der Waals surface area contributed by atoms with Crippen molar-refractivity contribution in [2.75, 3.05) is 23.9 Å². The van der Waals surface area contributed by atoms with Crippen LogP contribution in [0.15, 0.2) is 82.6 Å². The number of para-hydroxylation sites is 1. The van der Waals surface area contributed by atoms with Crippen molar-refractivity contribution in [1.82, 2.24) is 0 Å². The predicted octanol–water partition coefficient (Wildman–Crippen LogP) is 5.15. The number of methoxy groups -OCH3 is 1. The topological polar surface area (TPSA) is 58.6 Å². The maximum atomic E-state index is 13.0. The molecule has 0 bridgehead atoms. The molecule has 1 atom stereocenters. The Kier molecular flexibility index (Phi) is 6.28. The highest BCUT2D eigenvalue weighted by molar-refractivity contribution is 7.99. The molecule has 1 N–H and O–H groups in total. The number of hydrogen-bond acceptors (Lipinski definition) is 4. The fourth-order valence-corrected chi connectivity index (χ4v) is 4.56. The van der Waals surface area contributed by atoms with Crippen molar-refractivity contribution < 1.29 is 14.3 Å². The summed E-state index contributed by atoms with van der Waals surface area (Å²) in [6.45, 7) is 2.30. The lowest BCUT2D eigenvalue weighted by Crippen LogP contribution is -2.28. The van der Waals surface area contributed by atoms with Crippen LogP contribution in [-0.4, -0.2) is 25.5 Å². The second-order valence-electron chi connectivity index (χ2n) is 7.48. The van der Waals surface area contributed by atoms with Crippen LogP contribution in [0, 0.1) is 12.8 Å². The fourth-order valence-electron chi connectivity index (χ4n) is 3.64. The highest BCUT2D eigenvalue weighted by Gasteiger charge is 2.36. The number of amides is 2. The van der Waals surface area contributed by atoms with E-state index in [1.54, 1.807) is 23.8 Å². The van der Waals surface area contributed by atoms with Crippen molar-refractivity contribution in [2.45, 2.75) is 23.1 Å². The molecule has 0 aliphatic carbocycles. The number of anilines is 2. The first-order valence-corrected chi connectivity index (χ1v) is 10.9. The summed E-state index contributed by atoms with van der Waals surface area (Å²) in [5.74, 6) is -0.0170. The molecule has 1 aliphatic heterocycles. The maximum Gasteiger partial charge on any atom is 0.229 e. The fraction of sp³-hybridized carbons (Fsp3) is 0.200. The van der Waals surface area contributed by atoms with E-state index < -0.39 is 5.92 Å². The second kappa shape index (κ2) is 9.27. The Morgan fingerprint density at radius 2 is 1.81 bits per heavy atom. The van der Waals surface area contributed by atoms with Crippen LogP contribution < -0.4 is 15.0 Å². The van der Waals surface area contributed by atoms with Crippen molar-refractivity contribution in [2.24, 2.45) is 5.92 Å². The van der Waals surface area contributed by atoms with Gasteiger partial charge in [-0.25, -0.2) is 0 Å². The summed E-state index contributed by atoms with van der Waals surface area (Å²) in [6.07, 6.45) is 0.178. The minimum Gasteiger partial charge on any atom is -0.495 e. The molecule has 0 radical (unpaired) electrons. The highest BCUT2D eigenvalue weighted by Crippen LogP contribution is 2.36. The van der Waals surface area contributed by atoms with Gasteiger partial charge < -0.3 is 15.0 Å². The Morgan fingerprint density at radius 3 is 2.58 bits per heavy atom. The Balaban J connectivity index is 1.50. The lowest BCUT2D eigenvalue weighted by atomic mass is 10.1. The molecule has 0 spiro atoms. The number of hydrogen-bond donors (Lipinski definition) is 1. The number of nitrogens with zero attached hydrogens (tertiary/aromatic N) is 1. The van der Waals surface area contributed by atoms with Crippen molar-refractivity contribution in [3.63, 3.8) is 0 Å². The molecule has 31 heavy (non-hydrogen) atoms. The van der Waals surface area contributed by atoms with E-state index in [2.05, 4.69) is 5.32 Å². The van der Waals surface area contributed by atoms with Crippen LogP contribution in [0.3, 0.4) is 0 Å². The van der Waals surface area contributed by atoms with E-state index in [0.29, 0.717) is 18.0 Å². The number of aryl methyl sites for hydroxylation is 1. The summed E-state index contributed by atoms with van der Waals surface area (Å²) < 4.78 is 5.43. The van der Waals surface area contributed by atoms with Crippen LogP contribution in [0.2, 0.25) is 0 Å². The van der Waals surface area contributed by atoms with Gasteiger partial charge in [-0.05, 0) is 48.9 Å². The third kappa shape index (κ3) is 4.75. The molecule has 3 aromatic carbocycles. The summed E-state index contributed by atoms with van der Waals surface area (Å²) in [7, 11) is 1.58. The number of benzene rings is 3. The molecule has 6 heteroatoms. The normalized spacial score (nSPS) is 15.7. The van der Waals surface area contributed by atoms with Gasteiger partial charge in [0.1, 0.15) is 5.75 Å². The average molecular weight is 433 g/mol. The Labute approximate surface area is 186 Å². The number of carbonyl (C=O) groups is 2. The predicted molar refractivity (Wildman–Crippen MR) is 124 cm³/mol. The smallest absolute Gasteiger partial charge is 0.229 e. The Morgan fingerprint density at radius 1 is 1.06 bits per heavy atom. The third-order valence-electron chi connectivity index (χ3n) is 5.24. The zero-order valence-corrected chi connectivity index (χ0v) is 18.3. The molecule has 1 heterocycles. The van der Waals surface area contributed by atoms with Gasteiger partial charge in [-0.15, -0.1) is 0 Å². The Hall–Kier alpha value is -3.25. The quantitative estimate of drug-likeness (QED) is 0.586. The first-order valence-electron chi connectivity index (χ1n) is 10.1. The zero-order chi connectivity index (χ0) is 21.8. The first kappa shape index (κ1) is 21.0. The standard InChI is InChI=1S/C25H24N2O3S/c1-17-12-13-22(30-2)21(14-17)27-16-18(15-24(27)28)25(29)26-20-10-6-7-11-23(20)31-19-8-4-3-5-9-19/h3-14,18H,15-16H2,1-2H3,(H,26,29). The molecular formula is C25H24N2O3S. The molecule has 1 aliphatic rings. The Bertz CT molecular complexity index is 1100. The number of nitrogens with one attached hydrogen (secondary N) is 1. The molecule has 5 nitrogen and oxygen atoms in total. The monoisotopic (exact) mass is 432 g/mol.